The van der Waals surface area contributed by atoms with Gasteiger partial charge in [0.05, 0.1) is 0 Å². The largest absolute Gasteiger partial charge is 0.0622 e. The molecule has 0 saturated heterocycles. The molecule has 0 aromatic heterocycles. The number of hydrogen-bond donors (Lipinski definition) is 0. The third kappa shape index (κ3) is 6.56. The highest BCUT2D eigenvalue weighted by Gasteiger charge is 2.16. The fourth-order valence-corrected chi connectivity index (χ4v) is 6.90. The molecule has 0 N–H and O–H groups in total. The molecule has 0 aliphatic carbocycles. The maximum atomic E-state index is 2.44. The van der Waals surface area contributed by atoms with Crippen LogP contribution in [0.4, 0.5) is 0 Å². The summed E-state index contributed by atoms with van der Waals surface area (Å²) in [5, 5.41) is 8.68. The van der Waals surface area contributed by atoms with E-state index in [2.05, 4.69) is 142 Å². The zero-order valence-electron chi connectivity index (χ0n) is 26.6. The minimum atomic E-state index is 1.12. The zero-order valence-corrected chi connectivity index (χ0v) is 26.6. The SMILES string of the molecule is CCc1ccccc1.Cc1cc(CCCc2ccccc2)c2ccc3c(CCCc4ccccc4)cc(C)c4ccc1c2c43. The summed E-state index contributed by atoms with van der Waals surface area (Å²) in [6.07, 6.45) is 7.99. The standard InChI is InChI=1S/C36H34.C8H10/c1-25-23-29(17-9-15-27-11-5-3-6-12-27)33-21-22-34-30(18-10-16-28-13-7-4-8-14-28)24-26(2)32-20-19-31(25)35(33)36(32)34;1-2-8-6-4-3-5-7-8/h3-8,11-14,19-24H,9-10,15-18H2,1-2H3;3-7H,2H2,1H3. The van der Waals surface area contributed by atoms with Crippen molar-refractivity contribution in [3.05, 3.63) is 166 Å². The molecule has 0 bridgehead atoms. The highest BCUT2D eigenvalue weighted by molar-refractivity contribution is 6.25. The van der Waals surface area contributed by atoms with Gasteiger partial charge in [0.15, 0.2) is 0 Å². The second-order valence-corrected chi connectivity index (χ2v) is 12.3. The van der Waals surface area contributed by atoms with Crippen molar-refractivity contribution >= 4 is 32.3 Å². The summed E-state index contributed by atoms with van der Waals surface area (Å²) in [6, 6.07) is 46.7. The smallest absolute Gasteiger partial charge is 0.00212 e. The van der Waals surface area contributed by atoms with Crippen molar-refractivity contribution in [3.8, 4) is 0 Å². The van der Waals surface area contributed by atoms with Crippen LogP contribution in [0, 0.1) is 13.8 Å². The Morgan fingerprint density at radius 2 is 0.750 bits per heavy atom. The van der Waals surface area contributed by atoms with Crippen LogP contribution in [0.5, 0.6) is 0 Å². The lowest BCUT2D eigenvalue weighted by atomic mass is 9.85. The van der Waals surface area contributed by atoms with Crippen LogP contribution >= 0.6 is 0 Å². The first kappa shape index (κ1) is 29.6. The van der Waals surface area contributed by atoms with Gasteiger partial charge >= 0.3 is 0 Å². The van der Waals surface area contributed by atoms with E-state index in [-0.39, 0.29) is 0 Å². The first-order valence-corrected chi connectivity index (χ1v) is 16.4. The second kappa shape index (κ2) is 13.9. The topological polar surface area (TPSA) is 0 Å². The number of hydrogen-bond acceptors (Lipinski definition) is 0. The molecular formula is C44H44. The summed E-state index contributed by atoms with van der Waals surface area (Å²) in [7, 11) is 0. The van der Waals surface area contributed by atoms with Gasteiger partial charge in [0.25, 0.3) is 0 Å². The van der Waals surface area contributed by atoms with Gasteiger partial charge in [0, 0.05) is 0 Å². The number of aryl methyl sites for hydroxylation is 7. The van der Waals surface area contributed by atoms with Gasteiger partial charge in [-0.2, -0.15) is 0 Å². The van der Waals surface area contributed by atoms with Crippen molar-refractivity contribution < 1.29 is 0 Å². The van der Waals surface area contributed by atoms with Gasteiger partial charge in [-0.25, -0.2) is 0 Å². The van der Waals surface area contributed by atoms with Gasteiger partial charge in [-0.05, 0) is 130 Å². The van der Waals surface area contributed by atoms with Crippen molar-refractivity contribution in [1.29, 1.82) is 0 Å². The Balaban J connectivity index is 0.000000374. The molecule has 0 nitrogen and oxygen atoms in total. The first-order chi connectivity index (χ1) is 21.6. The second-order valence-electron chi connectivity index (χ2n) is 12.3. The molecule has 0 amide bonds. The molecule has 0 radical (unpaired) electrons. The lowest BCUT2D eigenvalue weighted by molar-refractivity contribution is 0.824. The van der Waals surface area contributed by atoms with E-state index in [1.165, 1.54) is 84.1 Å². The predicted molar refractivity (Wildman–Crippen MR) is 192 cm³/mol. The van der Waals surface area contributed by atoms with Crippen LogP contribution < -0.4 is 0 Å². The Morgan fingerprint density at radius 3 is 1.11 bits per heavy atom. The number of benzene rings is 7. The van der Waals surface area contributed by atoms with Gasteiger partial charge in [-0.3, -0.25) is 0 Å². The predicted octanol–water partition coefficient (Wildman–Crippen LogP) is 11.8. The fraction of sp³-hybridized carbons (Fsp3) is 0.227. The van der Waals surface area contributed by atoms with Crippen LogP contribution in [0.25, 0.3) is 32.3 Å². The highest BCUT2D eigenvalue weighted by atomic mass is 14.2. The average molecular weight is 573 g/mol. The minimum absolute atomic E-state index is 1.12. The van der Waals surface area contributed by atoms with Crippen LogP contribution in [0.2, 0.25) is 0 Å². The molecule has 0 unspecified atom stereocenters. The summed E-state index contributed by atoms with van der Waals surface area (Å²) in [5.41, 5.74) is 10.1. The molecule has 0 fully saturated rings. The van der Waals surface area contributed by atoms with Gasteiger partial charge in [0.1, 0.15) is 0 Å². The monoisotopic (exact) mass is 572 g/mol. The molecule has 0 atom stereocenters. The molecule has 7 aromatic carbocycles. The zero-order chi connectivity index (χ0) is 30.3. The van der Waals surface area contributed by atoms with Crippen molar-refractivity contribution in [2.75, 3.05) is 0 Å². The molecule has 0 heteroatoms. The van der Waals surface area contributed by atoms with E-state index in [1.54, 1.807) is 0 Å². The summed E-state index contributed by atoms with van der Waals surface area (Å²) < 4.78 is 0. The van der Waals surface area contributed by atoms with E-state index in [4.69, 9.17) is 0 Å². The van der Waals surface area contributed by atoms with Crippen molar-refractivity contribution in [2.24, 2.45) is 0 Å². The van der Waals surface area contributed by atoms with E-state index < -0.39 is 0 Å². The molecule has 7 rings (SSSR count). The van der Waals surface area contributed by atoms with E-state index in [1.807, 2.05) is 6.07 Å². The minimum Gasteiger partial charge on any atom is -0.0622 e. The van der Waals surface area contributed by atoms with Gasteiger partial charge < -0.3 is 0 Å². The van der Waals surface area contributed by atoms with Crippen LogP contribution in [0.15, 0.2) is 127 Å². The number of rotatable bonds is 9. The van der Waals surface area contributed by atoms with E-state index in [0.29, 0.717) is 0 Å². The average Bonchev–Trinajstić information content (AvgIpc) is 3.07. The molecule has 44 heavy (non-hydrogen) atoms. The summed E-state index contributed by atoms with van der Waals surface area (Å²) in [5.74, 6) is 0. The molecule has 220 valence electrons. The van der Waals surface area contributed by atoms with Crippen LogP contribution in [-0.4, -0.2) is 0 Å². The summed E-state index contributed by atoms with van der Waals surface area (Å²) >= 11 is 0. The molecule has 0 heterocycles. The van der Waals surface area contributed by atoms with Crippen LogP contribution in [0.3, 0.4) is 0 Å². The Bertz CT molecular complexity index is 1810. The summed E-state index contributed by atoms with van der Waals surface area (Å²) in [4.78, 5) is 0. The summed E-state index contributed by atoms with van der Waals surface area (Å²) in [6.45, 7) is 6.75. The van der Waals surface area contributed by atoms with E-state index in [9.17, 15) is 0 Å². The third-order valence-electron chi connectivity index (χ3n) is 9.24. The maximum Gasteiger partial charge on any atom is -0.00212 e. The Morgan fingerprint density at radius 1 is 0.386 bits per heavy atom. The van der Waals surface area contributed by atoms with Crippen molar-refractivity contribution in [2.45, 2.75) is 65.7 Å². The lowest BCUT2D eigenvalue weighted by Crippen LogP contribution is -1.98. The molecular weight excluding hydrogens is 528 g/mol. The molecule has 0 aliphatic heterocycles. The van der Waals surface area contributed by atoms with E-state index >= 15 is 0 Å². The Labute approximate surface area is 263 Å². The first-order valence-electron chi connectivity index (χ1n) is 16.4. The normalized spacial score (nSPS) is 11.2. The molecule has 0 aliphatic rings. The van der Waals surface area contributed by atoms with Crippen molar-refractivity contribution in [1.82, 2.24) is 0 Å². The van der Waals surface area contributed by atoms with Gasteiger partial charge in [-0.15, -0.1) is 0 Å². The van der Waals surface area contributed by atoms with Gasteiger partial charge in [-0.1, -0.05) is 134 Å². The molecule has 0 saturated carbocycles. The van der Waals surface area contributed by atoms with E-state index in [0.717, 1.165) is 32.1 Å². The van der Waals surface area contributed by atoms with Gasteiger partial charge in [0.2, 0.25) is 0 Å². The Hall–Kier alpha value is -4.42. The highest BCUT2D eigenvalue weighted by Crippen LogP contribution is 2.40. The molecule has 7 aromatic rings. The fourth-order valence-electron chi connectivity index (χ4n) is 6.90. The quantitative estimate of drug-likeness (QED) is 0.151. The van der Waals surface area contributed by atoms with Crippen LogP contribution in [-0.2, 0) is 32.1 Å². The Kier molecular flexibility index (Phi) is 9.37. The van der Waals surface area contributed by atoms with Crippen molar-refractivity contribution in [3.63, 3.8) is 0 Å². The molecule has 0 spiro atoms. The third-order valence-corrected chi connectivity index (χ3v) is 9.24. The lowest BCUT2D eigenvalue weighted by Gasteiger charge is -2.19. The maximum absolute atomic E-state index is 2.44. The van der Waals surface area contributed by atoms with Crippen LogP contribution in [0.1, 0.15) is 58.7 Å².